The molecule has 0 radical (unpaired) electrons. The molecule has 112 valence electrons. The minimum absolute atomic E-state index is 0.0150. The summed E-state index contributed by atoms with van der Waals surface area (Å²) in [5, 5.41) is 0. The van der Waals surface area contributed by atoms with E-state index >= 15 is 0 Å². The van der Waals surface area contributed by atoms with Crippen molar-refractivity contribution in [1.29, 1.82) is 0 Å². The quantitative estimate of drug-likeness (QED) is 0.636. The fourth-order valence-corrected chi connectivity index (χ4v) is 1.62. The average molecular weight is 272 g/mol. The van der Waals surface area contributed by atoms with Gasteiger partial charge in [0.25, 0.3) is 0 Å². The van der Waals surface area contributed by atoms with E-state index in [0.29, 0.717) is 32.5 Å². The standard InChI is InChI=1S/C15H28O4/c1-6-12(9-8-10-13(16)18-7-2)14(17)19-11-15(3,4)5/h12H,6-11H2,1-5H3. The summed E-state index contributed by atoms with van der Waals surface area (Å²) in [6.45, 7) is 10.7. The number of hydrogen-bond donors (Lipinski definition) is 0. The van der Waals surface area contributed by atoms with Crippen LogP contribution in [0.15, 0.2) is 0 Å². The fraction of sp³-hybridized carbons (Fsp3) is 0.867. The molecule has 0 aromatic carbocycles. The van der Waals surface area contributed by atoms with Crippen molar-refractivity contribution in [2.24, 2.45) is 11.3 Å². The predicted molar refractivity (Wildman–Crippen MR) is 74.7 cm³/mol. The number of ether oxygens (including phenoxy) is 2. The molecule has 0 aliphatic rings. The first-order valence-corrected chi connectivity index (χ1v) is 7.12. The molecule has 0 saturated carbocycles. The van der Waals surface area contributed by atoms with Gasteiger partial charge in [-0.3, -0.25) is 9.59 Å². The van der Waals surface area contributed by atoms with Crippen LogP contribution in [-0.4, -0.2) is 25.2 Å². The van der Waals surface area contributed by atoms with E-state index in [1.165, 1.54) is 0 Å². The van der Waals surface area contributed by atoms with E-state index < -0.39 is 0 Å². The Morgan fingerprint density at radius 2 is 1.74 bits per heavy atom. The lowest BCUT2D eigenvalue weighted by Gasteiger charge is -2.20. The number of rotatable bonds is 8. The van der Waals surface area contributed by atoms with Crippen molar-refractivity contribution in [1.82, 2.24) is 0 Å². The lowest BCUT2D eigenvalue weighted by Crippen LogP contribution is -2.23. The molecular weight excluding hydrogens is 244 g/mol. The van der Waals surface area contributed by atoms with Gasteiger partial charge in [-0.2, -0.15) is 0 Å². The number of carbonyl (C=O) groups is 2. The molecule has 0 N–H and O–H groups in total. The van der Waals surface area contributed by atoms with Gasteiger partial charge < -0.3 is 9.47 Å². The Balaban J connectivity index is 3.99. The molecular formula is C15H28O4. The lowest BCUT2D eigenvalue weighted by molar-refractivity contribution is -0.152. The van der Waals surface area contributed by atoms with E-state index in [0.717, 1.165) is 6.42 Å². The van der Waals surface area contributed by atoms with Crippen molar-refractivity contribution in [3.63, 3.8) is 0 Å². The maximum Gasteiger partial charge on any atom is 0.308 e. The highest BCUT2D eigenvalue weighted by Gasteiger charge is 2.21. The van der Waals surface area contributed by atoms with Crippen molar-refractivity contribution in [2.75, 3.05) is 13.2 Å². The molecule has 0 rings (SSSR count). The normalized spacial score (nSPS) is 12.9. The summed E-state index contributed by atoms with van der Waals surface area (Å²) in [5.41, 5.74) is -0.0150. The molecule has 0 aliphatic carbocycles. The van der Waals surface area contributed by atoms with Crippen LogP contribution < -0.4 is 0 Å². The highest BCUT2D eigenvalue weighted by Crippen LogP contribution is 2.18. The molecule has 1 atom stereocenters. The monoisotopic (exact) mass is 272 g/mol. The minimum Gasteiger partial charge on any atom is -0.466 e. The van der Waals surface area contributed by atoms with Crippen LogP contribution in [0.4, 0.5) is 0 Å². The molecule has 0 fully saturated rings. The topological polar surface area (TPSA) is 52.6 Å². The Morgan fingerprint density at radius 3 is 2.21 bits per heavy atom. The smallest absolute Gasteiger partial charge is 0.308 e. The summed E-state index contributed by atoms with van der Waals surface area (Å²) in [6, 6.07) is 0. The highest BCUT2D eigenvalue weighted by atomic mass is 16.5. The number of esters is 2. The van der Waals surface area contributed by atoms with Crippen molar-refractivity contribution in [3.8, 4) is 0 Å². The first kappa shape index (κ1) is 17.9. The number of hydrogen-bond acceptors (Lipinski definition) is 4. The lowest BCUT2D eigenvalue weighted by atomic mass is 9.97. The summed E-state index contributed by atoms with van der Waals surface area (Å²) in [6.07, 6.45) is 2.46. The van der Waals surface area contributed by atoms with Crippen LogP contribution in [0, 0.1) is 11.3 Å². The van der Waals surface area contributed by atoms with E-state index in [1.54, 1.807) is 6.92 Å². The van der Waals surface area contributed by atoms with Gasteiger partial charge in [0, 0.05) is 6.42 Å². The van der Waals surface area contributed by atoms with E-state index in [2.05, 4.69) is 0 Å². The van der Waals surface area contributed by atoms with E-state index in [9.17, 15) is 9.59 Å². The molecule has 0 aromatic heterocycles. The van der Waals surface area contributed by atoms with Gasteiger partial charge in [0.15, 0.2) is 0 Å². The molecule has 4 nitrogen and oxygen atoms in total. The third-order valence-corrected chi connectivity index (χ3v) is 2.71. The molecule has 0 heterocycles. The van der Waals surface area contributed by atoms with Crippen LogP contribution in [0.2, 0.25) is 0 Å². The van der Waals surface area contributed by atoms with Crippen LogP contribution >= 0.6 is 0 Å². The Kier molecular flexibility index (Phi) is 8.44. The van der Waals surface area contributed by atoms with Crippen molar-refractivity contribution in [2.45, 2.75) is 60.3 Å². The Bertz CT molecular complexity index is 278. The zero-order chi connectivity index (χ0) is 14.9. The predicted octanol–water partition coefficient (Wildman–Crippen LogP) is 3.34. The number of carbonyl (C=O) groups excluding carboxylic acids is 2. The van der Waals surface area contributed by atoms with E-state index in [-0.39, 0.29) is 23.3 Å². The SMILES string of the molecule is CCOC(=O)CCCC(CC)C(=O)OCC(C)(C)C. The maximum absolute atomic E-state index is 11.9. The van der Waals surface area contributed by atoms with Crippen molar-refractivity contribution >= 4 is 11.9 Å². The van der Waals surface area contributed by atoms with Gasteiger partial charge in [0.2, 0.25) is 0 Å². The largest absolute Gasteiger partial charge is 0.466 e. The molecule has 1 unspecified atom stereocenters. The average Bonchev–Trinajstić information content (AvgIpc) is 2.31. The minimum atomic E-state index is -0.194. The molecule has 19 heavy (non-hydrogen) atoms. The Labute approximate surface area is 116 Å². The zero-order valence-electron chi connectivity index (χ0n) is 13.0. The molecule has 0 amide bonds. The Hall–Kier alpha value is -1.06. The summed E-state index contributed by atoms with van der Waals surface area (Å²) in [5.74, 6) is -0.460. The van der Waals surface area contributed by atoms with E-state index in [4.69, 9.17) is 9.47 Å². The maximum atomic E-state index is 11.9. The Morgan fingerprint density at radius 1 is 1.11 bits per heavy atom. The van der Waals surface area contributed by atoms with Crippen LogP contribution in [-0.2, 0) is 19.1 Å². The zero-order valence-corrected chi connectivity index (χ0v) is 13.0. The van der Waals surface area contributed by atoms with Gasteiger partial charge in [-0.15, -0.1) is 0 Å². The summed E-state index contributed by atoms with van der Waals surface area (Å²) >= 11 is 0. The van der Waals surface area contributed by atoms with Crippen molar-refractivity contribution < 1.29 is 19.1 Å². The van der Waals surface area contributed by atoms with E-state index in [1.807, 2.05) is 27.7 Å². The molecule has 0 spiro atoms. The molecule has 0 saturated heterocycles. The third kappa shape index (κ3) is 9.51. The highest BCUT2D eigenvalue weighted by molar-refractivity contribution is 5.72. The van der Waals surface area contributed by atoms with Crippen LogP contribution in [0.1, 0.15) is 60.3 Å². The van der Waals surface area contributed by atoms with Gasteiger partial charge in [0.1, 0.15) is 0 Å². The van der Waals surface area contributed by atoms with Crippen LogP contribution in [0.3, 0.4) is 0 Å². The second-order valence-corrected chi connectivity index (χ2v) is 5.97. The molecule has 0 aliphatic heterocycles. The van der Waals surface area contributed by atoms with Gasteiger partial charge >= 0.3 is 11.9 Å². The van der Waals surface area contributed by atoms with Gasteiger partial charge in [0.05, 0.1) is 19.1 Å². The van der Waals surface area contributed by atoms with Crippen LogP contribution in [0.5, 0.6) is 0 Å². The second-order valence-electron chi connectivity index (χ2n) is 5.97. The molecule has 0 aromatic rings. The van der Waals surface area contributed by atoms with Gasteiger partial charge in [-0.05, 0) is 31.6 Å². The molecule has 4 heteroatoms. The first-order valence-electron chi connectivity index (χ1n) is 7.12. The van der Waals surface area contributed by atoms with Gasteiger partial charge in [-0.25, -0.2) is 0 Å². The third-order valence-electron chi connectivity index (χ3n) is 2.71. The molecule has 0 bridgehead atoms. The van der Waals surface area contributed by atoms with Gasteiger partial charge in [-0.1, -0.05) is 27.7 Å². The second kappa shape index (κ2) is 8.94. The summed E-state index contributed by atoms with van der Waals surface area (Å²) in [4.78, 5) is 23.1. The van der Waals surface area contributed by atoms with Crippen LogP contribution in [0.25, 0.3) is 0 Å². The summed E-state index contributed by atoms with van der Waals surface area (Å²) < 4.78 is 10.2. The first-order chi connectivity index (χ1) is 8.80. The van der Waals surface area contributed by atoms with Crippen molar-refractivity contribution in [3.05, 3.63) is 0 Å². The summed E-state index contributed by atoms with van der Waals surface area (Å²) in [7, 11) is 0. The fourth-order valence-electron chi connectivity index (χ4n) is 1.62.